The van der Waals surface area contributed by atoms with Crippen LogP contribution in [-0.4, -0.2) is 30.0 Å². The average molecular weight is 286 g/mol. The Morgan fingerprint density at radius 3 is 2.95 bits per heavy atom. The molecule has 0 radical (unpaired) electrons. The van der Waals surface area contributed by atoms with E-state index >= 15 is 0 Å². The first-order valence-electron chi connectivity index (χ1n) is 7.52. The summed E-state index contributed by atoms with van der Waals surface area (Å²) in [5.74, 6) is 3.09. The Labute approximate surface area is 123 Å². The van der Waals surface area contributed by atoms with E-state index in [4.69, 9.17) is 13.9 Å². The van der Waals surface area contributed by atoms with Gasteiger partial charge in [-0.2, -0.15) is 0 Å². The van der Waals surface area contributed by atoms with E-state index < -0.39 is 0 Å². The van der Waals surface area contributed by atoms with Crippen LogP contribution >= 0.6 is 0 Å². The van der Waals surface area contributed by atoms with Crippen LogP contribution in [0.25, 0.3) is 0 Å². The summed E-state index contributed by atoms with van der Waals surface area (Å²) in [6.07, 6.45) is 2.74. The number of para-hydroxylation sites is 1. The lowest BCUT2D eigenvalue weighted by Gasteiger charge is -2.24. The maximum absolute atomic E-state index is 5.84. The molecule has 0 amide bonds. The van der Waals surface area contributed by atoms with Crippen molar-refractivity contribution in [3.8, 4) is 5.75 Å². The molecular weight excluding hydrogens is 268 g/mol. The fourth-order valence-corrected chi connectivity index (χ4v) is 3.08. The zero-order valence-electron chi connectivity index (χ0n) is 11.8. The first-order valence-corrected chi connectivity index (χ1v) is 7.52. The molecule has 2 atom stereocenters. The molecule has 21 heavy (non-hydrogen) atoms. The normalized spacial score (nSPS) is 24.6. The number of hydrogen-bond acceptors (Lipinski definition) is 5. The lowest BCUT2D eigenvalue weighted by atomic mass is 9.90. The van der Waals surface area contributed by atoms with Gasteiger partial charge < -0.3 is 13.9 Å². The Bertz CT molecular complexity index is 619. The van der Waals surface area contributed by atoms with Gasteiger partial charge in [0.2, 0.25) is 11.8 Å². The minimum atomic E-state index is 0.272. The largest absolute Gasteiger partial charge is 0.493 e. The lowest BCUT2D eigenvalue weighted by Crippen LogP contribution is -2.16. The summed E-state index contributed by atoms with van der Waals surface area (Å²) in [4.78, 5) is 0. The lowest BCUT2D eigenvalue weighted by molar-refractivity contribution is 0.190. The van der Waals surface area contributed by atoms with Gasteiger partial charge in [-0.15, -0.1) is 10.2 Å². The predicted octanol–water partition coefficient (Wildman–Crippen LogP) is 2.68. The average Bonchev–Trinajstić information content (AvgIpc) is 3.18. The number of rotatable bonds is 3. The van der Waals surface area contributed by atoms with Crippen molar-refractivity contribution in [2.24, 2.45) is 0 Å². The van der Waals surface area contributed by atoms with Crippen LogP contribution in [0.1, 0.15) is 42.0 Å². The van der Waals surface area contributed by atoms with Gasteiger partial charge in [0.25, 0.3) is 0 Å². The van der Waals surface area contributed by atoms with Crippen molar-refractivity contribution in [3.05, 3.63) is 41.6 Å². The van der Waals surface area contributed by atoms with Crippen molar-refractivity contribution in [1.82, 2.24) is 10.2 Å². The minimum absolute atomic E-state index is 0.272. The summed E-state index contributed by atoms with van der Waals surface area (Å²) < 4.78 is 16.9. The zero-order chi connectivity index (χ0) is 14.1. The van der Waals surface area contributed by atoms with E-state index in [0.29, 0.717) is 12.5 Å². The molecule has 0 bridgehead atoms. The monoisotopic (exact) mass is 286 g/mol. The van der Waals surface area contributed by atoms with Gasteiger partial charge in [0.05, 0.1) is 19.1 Å². The molecule has 5 nitrogen and oxygen atoms in total. The second-order valence-corrected chi connectivity index (χ2v) is 5.67. The first-order chi connectivity index (χ1) is 10.4. The fraction of sp³-hybridized carbons (Fsp3) is 0.500. The summed E-state index contributed by atoms with van der Waals surface area (Å²) in [5.41, 5.74) is 1.24. The highest BCUT2D eigenvalue weighted by Crippen LogP contribution is 2.35. The zero-order valence-corrected chi connectivity index (χ0v) is 11.8. The quantitative estimate of drug-likeness (QED) is 0.868. The van der Waals surface area contributed by atoms with Crippen molar-refractivity contribution in [1.29, 1.82) is 0 Å². The highest BCUT2D eigenvalue weighted by molar-refractivity contribution is 5.38. The van der Waals surface area contributed by atoms with Crippen LogP contribution in [0.4, 0.5) is 0 Å². The van der Waals surface area contributed by atoms with Crippen molar-refractivity contribution in [3.63, 3.8) is 0 Å². The van der Waals surface area contributed by atoms with Crippen LogP contribution in [0.3, 0.4) is 0 Å². The molecule has 1 saturated heterocycles. The smallest absolute Gasteiger partial charge is 0.222 e. The topological polar surface area (TPSA) is 57.4 Å². The van der Waals surface area contributed by atoms with E-state index in [1.54, 1.807) is 0 Å². The Kier molecular flexibility index (Phi) is 3.35. The van der Waals surface area contributed by atoms with Gasteiger partial charge in [-0.3, -0.25) is 0 Å². The van der Waals surface area contributed by atoms with Crippen LogP contribution < -0.4 is 4.74 Å². The second kappa shape index (κ2) is 5.48. The number of hydrogen-bond donors (Lipinski definition) is 0. The first kappa shape index (κ1) is 12.8. The van der Waals surface area contributed by atoms with Crippen LogP contribution in [0, 0.1) is 0 Å². The molecule has 0 saturated carbocycles. The van der Waals surface area contributed by atoms with E-state index in [-0.39, 0.29) is 5.92 Å². The number of benzene rings is 1. The molecular formula is C16H18N2O3. The number of fused-ring (bicyclic) bond motifs is 1. The third-order valence-corrected chi connectivity index (χ3v) is 4.27. The third-order valence-electron chi connectivity index (χ3n) is 4.27. The molecule has 1 fully saturated rings. The Balaban J connectivity index is 1.51. The fourth-order valence-electron chi connectivity index (χ4n) is 3.08. The van der Waals surface area contributed by atoms with Crippen LogP contribution in [0.5, 0.6) is 5.75 Å². The number of ether oxygens (including phenoxy) is 2. The second-order valence-electron chi connectivity index (χ2n) is 5.67. The molecule has 5 heteroatoms. The molecule has 3 heterocycles. The Morgan fingerprint density at radius 2 is 2.05 bits per heavy atom. The molecule has 1 aromatic heterocycles. The summed E-state index contributed by atoms with van der Waals surface area (Å²) >= 11 is 0. The van der Waals surface area contributed by atoms with E-state index in [1.807, 2.05) is 12.1 Å². The van der Waals surface area contributed by atoms with E-state index in [1.165, 1.54) is 5.56 Å². The van der Waals surface area contributed by atoms with E-state index in [2.05, 4.69) is 22.3 Å². The third kappa shape index (κ3) is 2.53. The molecule has 4 rings (SSSR count). The molecule has 1 aromatic carbocycles. The Morgan fingerprint density at radius 1 is 1.10 bits per heavy atom. The minimum Gasteiger partial charge on any atom is -0.493 e. The molecule has 0 spiro atoms. The van der Waals surface area contributed by atoms with Crippen molar-refractivity contribution in [2.75, 3.05) is 19.8 Å². The van der Waals surface area contributed by atoms with Crippen molar-refractivity contribution < 1.29 is 13.9 Å². The van der Waals surface area contributed by atoms with Crippen LogP contribution in [-0.2, 0) is 11.2 Å². The van der Waals surface area contributed by atoms with E-state index in [0.717, 1.165) is 50.0 Å². The van der Waals surface area contributed by atoms with Crippen molar-refractivity contribution >= 4 is 0 Å². The summed E-state index contributed by atoms with van der Waals surface area (Å²) in [7, 11) is 0. The molecule has 2 aliphatic rings. The van der Waals surface area contributed by atoms with Crippen LogP contribution in [0.15, 0.2) is 28.7 Å². The number of nitrogens with zero attached hydrogens (tertiary/aromatic N) is 2. The van der Waals surface area contributed by atoms with Gasteiger partial charge in [0.1, 0.15) is 5.75 Å². The number of aromatic nitrogens is 2. The highest BCUT2D eigenvalue weighted by Gasteiger charge is 2.26. The maximum atomic E-state index is 5.84. The standard InChI is InChI=1S/C16H18N2O3/c1-2-4-14-13(3-1)11(6-8-20-14)9-15-17-18-16(21-15)12-5-7-19-10-12/h1-4,11-12H,5-10H2/t11-,12+/m1/s1. The summed E-state index contributed by atoms with van der Waals surface area (Å²) in [5, 5.41) is 8.41. The Hall–Kier alpha value is -1.88. The van der Waals surface area contributed by atoms with Gasteiger partial charge in [-0.1, -0.05) is 18.2 Å². The van der Waals surface area contributed by atoms with Crippen molar-refractivity contribution in [2.45, 2.75) is 31.1 Å². The molecule has 2 aromatic rings. The van der Waals surface area contributed by atoms with Gasteiger partial charge in [-0.25, -0.2) is 0 Å². The summed E-state index contributed by atoms with van der Waals surface area (Å²) in [6, 6.07) is 8.21. The maximum Gasteiger partial charge on any atom is 0.222 e. The molecule has 0 aliphatic carbocycles. The molecule has 2 aliphatic heterocycles. The highest BCUT2D eigenvalue weighted by atomic mass is 16.5. The summed E-state index contributed by atoms with van der Waals surface area (Å²) in [6.45, 7) is 2.23. The van der Waals surface area contributed by atoms with E-state index in [9.17, 15) is 0 Å². The molecule has 0 unspecified atom stereocenters. The predicted molar refractivity (Wildman–Crippen MR) is 75.5 cm³/mol. The van der Waals surface area contributed by atoms with Gasteiger partial charge >= 0.3 is 0 Å². The SMILES string of the molecule is c1ccc2c(c1)OCC[C@@H]2Cc1nnc([C@H]2CCOC2)o1. The molecule has 110 valence electrons. The van der Waals surface area contributed by atoms with Crippen LogP contribution in [0.2, 0.25) is 0 Å². The van der Waals surface area contributed by atoms with Gasteiger partial charge in [0.15, 0.2) is 0 Å². The van der Waals surface area contributed by atoms with Gasteiger partial charge in [-0.05, 0) is 30.4 Å². The molecule has 0 N–H and O–H groups in total. The van der Waals surface area contributed by atoms with Gasteiger partial charge in [0, 0.05) is 13.0 Å².